The molecule has 0 bridgehead atoms. The van der Waals surface area contributed by atoms with E-state index in [1.165, 1.54) is 0 Å². The first-order valence-electron chi connectivity index (χ1n) is 8.38. The number of hydrogen-bond acceptors (Lipinski definition) is 3. The number of hydrogen-bond donors (Lipinski definition) is 2. The molecule has 1 aliphatic rings. The number of aliphatic hydroxyl groups excluding tert-OH is 1. The maximum atomic E-state index is 12.4. The molecule has 1 aliphatic heterocycles. The predicted octanol–water partition coefficient (Wildman–Crippen LogP) is 2.41. The third-order valence-electron chi connectivity index (χ3n) is 4.69. The van der Waals surface area contributed by atoms with Crippen LogP contribution in [0.3, 0.4) is 0 Å². The lowest BCUT2D eigenvalue weighted by Crippen LogP contribution is -2.44. The summed E-state index contributed by atoms with van der Waals surface area (Å²) in [7, 11) is 0. The number of nitrogens with zero attached hydrogens (tertiary/aromatic N) is 3. The van der Waals surface area contributed by atoms with E-state index < -0.39 is 0 Å². The van der Waals surface area contributed by atoms with E-state index in [2.05, 4.69) is 10.3 Å². The van der Waals surface area contributed by atoms with E-state index in [9.17, 15) is 9.90 Å². The molecule has 1 aromatic heterocycles. The van der Waals surface area contributed by atoms with Gasteiger partial charge < -0.3 is 19.9 Å². The summed E-state index contributed by atoms with van der Waals surface area (Å²) in [6, 6.07) is 7.85. The average molecular weight is 328 g/mol. The van der Waals surface area contributed by atoms with Gasteiger partial charge in [-0.15, -0.1) is 0 Å². The molecule has 2 amide bonds. The van der Waals surface area contributed by atoms with Crippen molar-refractivity contribution < 1.29 is 9.90 Å². The molecule has 24 heavy (non-hydrogen) atoms. The minimum absolute atomic E-state index is 0.0285. The minimum Gasteiger partial charge on any atom is -0.394 e. The molecule has 3 rings (SSSR count). The highest BCUT2D eigenvalue weighted by Crippen LogP contribution is 2.20. The summed E-state index contributed by atoms with van der Waals surface area (Å²) in [6.07, 6.45) is 5.53. The van der Waals surface area contributed by atoms with Gasteiger partial charge in [-0.05, 0) is 44.4 Å². The van der Waals surface area contributed by atoms with Crippen molar-refractivity contribution in [3.05, 3.63) is 48.0 Å². The maximum Gasteiger partial charge on any atom is 0.318 e. The Balaban J connectivity index is 1.66. The Kier molecular flexibility index (Phi) is 4.85. The standard InChI is InChI=1S/C18H24N4O2/c1-13(20-18(24)22-10-3-4-17(22)12-23)15-5-7-16(8-6-15)21-11-9-19-14(21)2/h5-9,11,13,17,23H,3-4,10,12H2,1-2H3,(H,20,24). The number of amides is 2. The van der Waals surface area contributed by atoms with E-state index >= 15 is 0 Å². The zero-order chi connectivity index (χ0) is 17.1. The van der Waals surface area contributed by atoms with E-state index in [4.69, 9.17) is 0 Å². The number of benzene rings is 1. The Morgan fingerprint density at radius 1 is 1.42 bits per heavy atom. The van der Waals surface area contributed by atoms with E-state index in [1.54, 1.807) is 11.1 Å². The second-order valence-electron chi connectivity index (χ2n) is 6.28. The molecule has 2 N–H and O–H groups in total. The monoisotopic (exact) mass is 328 g/mol. The lowest BCUT2D eigenvalue weighted by Gasteiger charge is -2.25. The first-order chi connectivity index (χ1) is 11.6. The van der Waals surface area contributed by atoms with Crippen molar-refractivity contribution in [2.24, 2.45) is 0 Å². The van der Waals surface area contributed by atoms with Gasteiger partial charge in [0, 0.05) is 24.6 Å². The minimum atomic E-state index is -0.103. The van der Waals surface area contributed by atoms with Crippen molar-refractivity contribution in [2.45, 2.75) is 38.8 Å². The largest absolute Gasteiger partial charge is 0.394 e. The Bertz CT molecular complexity index is 695. The summed E-state index contributed by atoms with van der Waals surface area (Å²) in [5.74, 6) is 0.938. The topological polar surface area (TPSA) is 70.4 Å². The summed E-state index contributed by atoms with van der Waals surface area (Å²) in [4.78, 5) is 18.4. The molecule has 0 aliphatic carbocycles. The Hall–Kier alpha value is -2.34. The van der Waals surface area contributed by atoms with Crippen molar-refractivity contribution in [1.82, 2.24) is 19.8 Å². The SMILES string of the molecule is Cc1nccn1-c1ccc(C(C)NC(=O)N2CCCC2CO)cc1. The normalized spacial score (nSPS) is 18.6. The molecule has 2 unspecified atom stereocenters. The van der Waals surface area contributed by atoms with Crippen LogP contribution in [0.15, 0.2) is 36.7 Å². The second-order valence-corrected chi connectivity index (χ2v) is 6.28. The van der Waals surface area contributed by atoms with Gasteiger partial charge in [-0.2, -0.15) is 0 Å². The highest BCUT2D eigenvalue weighted by atomic mass is 16.3. The number of rotatable bonds is 4. The summed E-state index contributed by atoms with van der Waals surface area (Å²) in [6.45, 7) is 4.67. The number of aromatic nitrogens is 2. The van der Waals surface area contributed by atoms with Gasteiger partial charge in [0.2, 0.25) is 0 Å². The lowest BCUT2D eigenvalue weighted by molar-refractivity contribution is 0.155. The number of nitrogens with one attached hydrogen (secondary N) is 1. The molecule has 0 saturated carbocycles. The molecule has 2 aromatic rings. The quantitative estimate of drug-likeness (QED) is 0.905. The van der Waals surface area contributed by atoms with Crippen LogP contribution in [0.2, 0.25) is 0 Å². The van der Waals surface area contributed by atoms with Crippen molar-refractivity contribution in [1.29, 1.82) is 0 Å². The van der Waals surface area contributed by atoms with Gasteiger partial charge >= 0.3 is 6.03 Å². The number of aryl methyl sites for hydroxylation is 1. The van der Waals surface area contributed by atoms with Crippen LogP contribution < -0.4 is 5.32 Å². The number of aliphatic hydroxyl groups is 1. The van der Waals surface area contributed by atoms with E-state index in [-0.39, 0.29) is 24.7 Å². The van der Waals surface area contributed by atoms with Gasteiger partial charge in [0.05, 0.1) is 18.7 Å². The number of carbonyl (C=O) groups excluding carboxylic acids is 1. The molecule has 6 nitrogen and oxygen atoms in total. The van der Waals surface area contributed by atoms with Crippen molar-refractivity contribution in [3.63, 3.8) is 0 Å². The van der Waals surface area contributed by atoms with Crippen LogP contribution >= 0.6 is 0 Å². The highest BCUT2D eigenvalue weighted by Gasteiger charge is 2.28. The van der Waals surface area contributed by atoms with Crippen LogP contribution in [0.25, 0.3) is 5.69 Å². The Labute approximate surface area is 142 Å². The molecule has 2 heterocycles. The number of carbonyl (C=O) groups is 1. The summed E-state index contributed by atoms with van der Waals surface area (Å²) in [5.41, 5.74) is 2.09. The average Bonchev–Trinajstić information content (AvgIpc) is 3.23. The first kappa shape index (κ1) is 16.5. The van der Waals surface area contributed by atoms with Crippen molar-refractivity contribution in [2.75, 3.05) is 13.2 Å². The second kappa shape index (κ2) is 7.05. The summed E-state index contributed by atoms with van der Waals surface area (Å²) >= 11 is 0. The number of likely N-dealkylation sites (tertiary alicyclic amines) is 1. The summed E-state index contributed by atoms with van der Waals surface area (Å²) < 4.78 is 2.02. The lowest BCUT2D eigenvalue weighted by atomic mass is 10.1. The van der Waals surface area contributed by atoms with Crippen molar-refractivity contribution >= 4 is 6.03 Å². The van der Waals surface area contributed by atoms with Crippen LogP contribution in [0, 0.1) is 6.92 Å². The molecular formula is C18H24N4O2. The van der Waals surface area contributed by atoms with Gasteiger partial charge in [-0.3, -0.25) is 0 Å². The molecule has 0 spiro atoms. The van der Waals surface area contributed by atoms with Crippen LogP contribution in [-0.2, 0) is 0 Å². The van der Waals surface area contributed by atoms with E-state index in [1.807, 2.05) is 48.9 Å². The van der Waals surface area contributed by atoms with Gasteiger partial charge in [-0.1, -0.05) is 12.1 Å². The molecular weight excluding hydrogens is 304 g/mol. The molecule has 1 saturated heterocycles. The van der Waals surface area contributed by atoms with Gasteiger partial charge in [0.15, 0.2) is 0 Å². The molecule has 6 heteroatoms. The molecule has 0 radical (unpaired) electrons. The highest BCUT2D eigenvalue weighted by molar-refractivity contribution is 5.75. The van der Waals surface area contributed by atoms with Gasteiger partial charge in [0.25, 0.3) is 0 Å². The molecule has 128 valence electrons. The first-order valence-corrected chi connectivity index (χ1v) is 8.38. The van der Waals surface area contributed by atoms with Crippen LogP contribution in [0.1, 0.15) is 37.2 Å². The Morgan fingerprint density at radius 2 is 2.17 bits per heavy atom. The fourth-order valence-electron chi connectivity index (χ4n) is 3.22. The number of urea groups is 1. The number of imidazole rings is 1. The van der Waals surface area contributed by atoms with E-state index in [0.717, 1.165) is 29.9 Å². The zero-order valence-corrected chi connectivity index (χ0v) is 14.1. The fraction of sp³-hybridized carbons (Fsp3) is 0.444. The summed E-state index contributed by atoms with van der Waals surface area (Å²) in [5, 5.41) is 12.4. The molecule has 2 atom stereocenters. The van der Waals surface area contributed by atoms with Crippen LogP contribution in [0.4, 0.5) is 4.79 Å². The predicted molar refractivity (Wildman–Crippen MR) is 92.1 cm³/mol. The van der Waals surface area contributed by atoms with Gasteiger partial charge in [0.1, 0.15) is 5.82 Å². The third-order valence-corrected chi connectivity index (χ3v) is 4.69. The van der Waals surface area contributed by atoms with Gasteiger partial charge in [-0.25, -0.2) is 9.78 Å². The third kappa shape index (κ3) is 3.28. The van der Waals surface area contributed by atoms with Crippen molar-refractivity contribution in [3.8, 4) is 5.69 Å². The smallest absolute Gasteiger partial charge is 0.318 e. The zero-order valence-electron chi connectivity index (χ0n) is 14.1. The molecule has 1 fully saturated rings. The van der Waals surface area contributed by atoms with E-state index in [0.29, 0.717) is 6.54 Å². The maximum absolute atomic E-state index is 12.4. The fourth-order valence-corrected chi connectivity index (χ4v) is 3.22. The van der Waals surface area contributed by atoms with Crippen LogP contribution in [-0.4, -0.2) is 44.8 Å². The Morgan fingerprint density at radius 3 is 2.79 bits per heavy atom. The van der Waals surface area contributed by atoms with Crippen LogP contribution in [0.5, 0.6) is 0 Å². The molecule has 1 aromatic carbocycles.